The van der Waals surface area contributed by atoms with E-state index in [1.54, 1.807) is 11.8 Å². The Labute approximate surface area is 110 Å². The number of aliphatic carboxylic acids is 1. The first-order valence-electron chi connectivity index (χ1n) is 5.53. The van der Waals surface area contributed by atoms with E-state index in [4.69, 9.17) is 5.11 Å². The van der Waals surface area contributed by atoms with Gasteiger partial charge >= 0.3 is 12.0 Å². The third-order valence-electron chi connectivity index (χ3n) is 2.21. The van der Waals surface area contributed by atoms with Crippen LogP contribution in [0.1, 0.15) is 12.8 Å². The van der Waals surface area contributed by atoms with Crippen LogP contribution in [0.2, 0.25) is 0 Å². The van der Waals surface area contributed by atoms with Crippen LogP contribution >= 0.6 is 11.8 Å². The molecule has 18 heavy (non-hydrogen) atoms. The lowest BCUT2D eigenvalue weighted by Crippen LogP contribution is -2.29. The van der Waals surface area contributed by atoms with Crippen molar-refractivity contribution in [2.45, 2.75) is 17.7 Å². The predicted octanol–water partition coefficient (Wildman–Crippen LogP) is 2.39. The molecule has 0 heterocycles. The van der Waals surface area contributed by atoms with Gasteiger partial charge in [-0.15, -0.1) is 11.8 Å². The van der Waals surface area contributed by atoms with Gasteiger partial charge in [0.05, 0.1) is 5.69 Å². The number of amides is 2. The number of carbonyl (C=O) groups excluding carboxylic acids is 1. The van der Waals surface area contributed by atoms with Gasteiger partial charge in [0, 0.05) is 17.9 Å². The number of hydrogen-bond acceptors (Lipinski definition) is 3. The van der Waals surface area contributed by atoms with Gasteiger partial charge in [0.1, 0.15) is 0 Å². The molecule has 3 N–H and O–H groups in total. The summed E-state index contributed by atoms with van der Waals surface area (Å²) < 4.78 is 0. The molecule has 1 rings (SSSR count). The number of hydrogen-bond donors (Lipinski definition) is 3. The summed E-state index contributed by atoms with van der Waals surface area (Å²) in [7, 11) is 0. The topological polar surface area (TPSA) is 78.4 Å². The van der Waals surface area contributed by atoms with E-state index in [1.807, 2.05) is 30.5 Å². The second-order valence-electron chi connectivity index (χ2n) is 3.58. The number of para-hydroxylation sites is 1. The molecule has 0 bridgehead atoms. The minimum atomic E-state index is -0.857. The summed E-state index contributed by atoms with van der Waals surface area (Å²) in [5, 5.41) is 13.8. The minimum Gasteiger partial charge on any atom is -0.481 e. The molecule has 0 saturated carbocycles. The fourth-order valence-electron chi connectivity index (χ4n) is 1.36. The molecular formula is C12H16N2O3S. The van der Waals surface area contributed by atoms with Crippen molar-refractivity contribution in [2.75, 3.05) is 18.1 Å². The molecule has 1 aromatic carbocycles. The maximum Gasteiger partial charge on any atom is 0.319 e. The highest BCUT2D eigenvalue weighted by Crippen LogP contribution is 2.24. The number of thioether (sulfide) groups is 1. The van der Waals surface area contributed by atoms with Gasteiger partial charge < -0.3 is 15.7 Å². The summed E-state index contributed by atoms with van der Waals surface area (Å²) in [5.74, 6) is -0.857. The average molecular weight is 268 g/mol. The molecule has 0 spiro atoms. The van der Waals surface area contributed by atoms with Gasteiger partial charge in [-0.1, -0.05) is 12.1 Å². The minimum absolute atomic E-state index is 0.0572. The van der Waals surface area contributed by atoms with Crippen LogP contribution < -0.4 is 10.6 Å². The predicted molar refractivity (Wildman–Crippen MR) is 72.1 cm³/mol. The molecule has 0 fully saturated rings. The van der Waals surface area contributed by atoms with E-state index < -0.39 is 5.97 Å². The van der Waals surface area contributed by atoms with Gasteiger partial charge in [0.25, 0.3) is 0 Å². The van der Waals surface area contributed by atoms with Crippen molar-refractivity contribution in [1.82, 2.24) is 5.32 Å². The van der Waals surface area contributed by atoms with E-state index in [2.05, 4.69) is 10.6 Å². The number of benzene rings is 1. The highest BCUT2D eigenvalue weighted by atomic mass is 32.2. The SMILES string of the molecule is CSc1ccccc1NC(=O)NCCCC(=O)O. The number of anilines is 1. The zero-order chi connectivity index (χ0) is 13.4. The van der Waals surface area contributed by atoms with Crippen molar-refractivity contribution in [3.8, 4) is 0 Å². The molecule has 0 saturated heterocycles. The normalized spacial score (nSPS) is 9.83. The summed E-state index contributed by atoms with van der Waals surface area (Å²) in [6, 6.07) is 7.18. The standard InChI is InChI=1S/C12H16N2O3S/c1-18-10-6-3-2-5-9(10)14-12(17)13-8-4-7-11(15)16/h2-3,5-6H,4,7-8H2,1H3,(H,15,16)(H2,13,14,17). The van der Waals surface area contributed by atoms with Crippen LogP contribution in [0.3, 0.4) is 0 Å². The molecule has 0 radical (unpaired) electrons. The second-order valence-corrected chi connectivity index (χ2v) is 4.43. The first kappa shape index (κ1) is 14.4. The zero-order valence-electron chi connectivity index (χ0n) is 10.1. The van der Waals surface area contributed by atoms with Crippen LogP contribution in [0.4, 0.5) is 10.5 Å². The van der Waals surface area contributed by atoms with Crippen molar-refractivity contribution in [2.24, 2.45) is 0 Å². The van der Waals surface area contributed by atoms with E-state index in [-0.39, 0.29) is 12.5 Å². The van der Waals surface area contributed by atoms with Gasteiger partial charge in [-0.25, -0.2) is 4.79 Å². The van der Waals surface area contributed by atoms with Crippen molar-refractivity contribution < 1.29 is 14.7 Å². The molecular weight excluding hydrogens is 252 g/mol. The van der Waals surface area contributed by atoms with Crippen LogP contribution in [0.25, 0.3) is 0 Å². The molecule has 6 heteroatoms. The second kappa shape index (κ2) is 7.60. The lowest BCUT2D eigenvalue weighted by Gasteiger charge is -2.10. The van der Waals surface area contributed by atoms with Crippen molar-refractivity contribution in [3.05, 3.63) is 24.3 Å². The molecule has 0 aliphatic heterocycles. The van der Waals surface area contributed by atoms with Gasteiger partial charge in [-0.3, -0.25) is 4.79 Å². The largest absolute Gasteiger partial charge is 0.481 e. The summed E-state index contributed by atoms with van der Waals surface area (Å²) in [4.78, 5) is 22.8. The zero-order valence-corrected chi connectivity index (χ0v) is 10.9. The van der Waals surface area contributed by atoms with E-state index in [1.165, 1.54) is 0 Å². The van der Waals surface area contributed by atoms with Gasteiger partial charge in [0.2, 0.25) is 0 Å². The maximum absolute atomic E-state index is 11.5. The van der Waals surface area contributed by atoms with Crippen LogP contribution in [-0.4, -0.2) is 29.9 Å². The van der Waals surface area contributed by atoms with Gasteiger partial charge in [0.15, 0.2) is 0 Å². The lowest BCUT2D eigenvalue weighted by molar-refractivity contribution is -0.137. The summed E-state index contributed by atoms with van der Waals surface area (Å²) in [6.45, 7) is 0.347. The van der Waals surface area contributed by atoms with Crippen molar-refractivity contribution in [3.63, 3.8) is 0 Å². The molecule has 0 aromatic heterocycles. The highest BCUT2D eigenvalue weighted by molar-refractivity contribution is 7.98. The molecule has 1 aromatic rings. The average Bonchev–Trinajstić information content (AvgIpc) is 2.35. The third-order valence-corrected chi connectivity index (χ3v) is 3.00. The molecule has 0 atom stereocenters. The van der Waals surface area contributed by atoms with Crippen LogP contribution in [-0.2, 0) is 4.79 Å². The Bertz CT molecular complexity index is 424. The smallest absolute Gasteiger partial charge is 0.319 e. The van der Waals surface area contributed by atoms with E-state index in [0.717, 1.165) is 10.6 Å². The third kappa shape index (κ3) is 5.09. The number of rotatable bonds is 6. The van der Waals surface area contributed by atoms with Crippen LogP contribution in [0.15, 0.2) is 29.2 Å². The maximum atomic E-state index is 11.5. The number of urea groups is 1. The molecule has 0 unspecified atom stereocenters. The van der Waals surface area contributed by atoms with E-state index >= 15 is 0 Å². The van der Waals surface area contributed by atoms with Crippen LogP contribution in [0, 0.1) is 0 Å². The number of carboxylic acid groups (broad SMARTS) is 1. The summed E-state index contributed by atoms with van der Waals surface area (Å²) in [5.41, 5.74) is 0.751. The quantitative estimate of drug-likeness (QED) is 0.547. The molecule has 5 nitrogen and oxygen atoms in total. The number of carbonyl (C=O) groups is 2. The van der Waals surface area contributed by atoms with E-state index in [0.29, 0.717) is 13.0 Å². The van der Waals surface area contributed by atoms with Crippen molar-refractivity contribution in [1.29, 1.82) is 0 Å². The van der Waals surface area contributed by atoms with Crippen molar-refractivity contribution >= 4 is 29.4 Å². The van der Waals surface area contributed by atoms with E-state index in [9.17, 15) is 9.59 Å². The fraction of sp³-hybridized carbons (Fsp3) is 0.333. The van der Waals surface area contributed by atoms with Gasteiger partial charge in [-0.05, 0) is 24.8 Å². The highest BCUT2D eigenvalue weighted by Gasteiger charge is 2.05. The Balaban J connectivity index is 2.37. The van der Waals surface area contributed by atoms with Gasteiger partial charge in [-0.2, -0.15) is 0 Å². The fourth-order valence-corrected chi connectivity index (χ4v) is 1.91. The summed E-state index contributed by atoms with van der Waals surface area (Å²) >= 11 is 1.55. The Kier molecular flexibility index (Phi) is 6.07. The Hall–Kier alpha value is -1.69. The number of carboxylic acids is 1. The molecule has 98 valence electrons. The number of nitrogens with one attached hydrogen (secondary N) is 2. The Morgan fingerprint density at radius 1 is 1.33 bits per heavy atom. The monoisotopic (exact) mass is 268 g/mol. The van der Waals surface area contributed by atoms with Crippen LogP contribution in [0.5, 0.6) is 0 Å². The summed E-state index contributed by atoms with van der Waals surface area (Å²) in [6.07, 6.45) is 2.42. The molecule has 0 aliphatic carbocycles. The molecule has 0 aliphatic rings. The first-order chi connectivity index (χ1) is 8.63. The first-order valence-corrected chi connectivity index (χ1v) is 6.75. The lowest BCUT2D eigenvalue weighted by atomic mass is 10.3. The Morgan fingerprint density at radius 3 is 2.72 bits per heavy atom. The Morgan fingerprint density at radius 2 is 2.06 bits per heavy atom. The molecule has 2 amide bonds.